The van der Waals surface area contributed by atoms with Gasteiger partial charge in [0.05, 0.1) is 0 Å². The zero-order valence-corrected chi connectivity index (χ0v) is 20.6. The Hall–Kier alpha value is -0.790. The van der Waals surface area contributed by atoms with E-state index in [1.54, 1.807) is 12.5 Å². The first-order valence-corrected chi connectivity index (χ1v) is 12.8. The molecule has 2 nitrogen and oxygen atoms in total. The average Bonchev–Trinajstić information content (AvgIpc) is 3.26. The van der Waals surface area contributed by atoms with Crippen molar-refractivity contribution in [3.8, 4) is 0 Å². The van der Waals surface area contributed by atoms with Gasteiger partial charge in [-0.3, -0.25) is 4.79 Å². The minimum Gasteiger partial charge on any atom is -0.462 e. The van der Waals surface area contributed by atoms with E-state index in [0.717, 1.165) is 18.3 Å². The van der Waals surface area contributed by atoms with Crippen molar-refractivity contribution in [1.82, 2.24) is 0 Å². The average molecular weight is 413 g/mol. The molecule has 0 bridgehead atoms. The van der Waals surface area contributed by atoms with Crippen LogP contribution in [0.4, 0.5) is 0 Å². The van der Waals surface area contributed by atoms with Crippen molar-refractivity contribution in [3.05, 3.63) is 11.1 Å². The Morgan fingerprint density at radius 3 is 2.27 bits per heavy atom. The Labute approximate surface area is 184 Å². The third-order valence-corrected chi connectivity index (χ3v) is 12.2. The molecule has 168 valence electrons. The summed E-state index contributed by atoms with van der Waals surface area (Å²) in [5.41, 5.74) is 5.63. The second-order valence-electron chi connectivity index (χ2n) is 13.0. The fourth-order valence-electron chi connectivity index (χ4n) is 10.4. The molecular formula is C28H44O2. The molecular weight excluding hydrogens is 368 g/mol. The van der Waals surface area contributed by atoms with E-state index in [-0.39, 0.29) is 17.5 Å². The van der Waals surface area contributed by atoms with Crippen LogP contribution in [-0.2, 0) is 9.53 Å². The molecule has 5 aliphatic rings. The highest BCUT2D eigenvalue weighted by atomic mass is 16.5. The molecule has 5 fully saturated rings. The van der Waals surface area contributed by atoms with Gasteiger partial charge in [0, 0.05) is 12.3 Å². The van der Waals surface area contributed by atoms with Crippen molar-refractivity contribution in [3.63, 3.8) is 0 Å². The Kier molecular flexibility index (Phi) is 4.33. The maximum absolute atomic E-state index is 11.8. The second kappa shape index (κ2) is 6.16. The lowest BCUT2D eigenvalue weighted by Gasteiger charge is -2.62. The van der Waals surface area contributed by atoms with Crippen LogP contribution in [0.15, 0.2) is 11.1 Å². The molecule has 0 aromatic rings. The fourth-order valence-corrected chi connectivity index (χ4v) is 10.4. The van der Waals surface area contributed by atoms with E-state index >= 15 is 0 Å². The predicted molar refractivity (Wildman–Crippen MR) is 122 cm³/mol. The Balaban J connectivity index is 1.50. The summed E-state index contributed by atoms with van der Waals surface area (Å²) in [5, 5.41) is 0. The Morgan fingerprint density at radius 2 is 1.60 bits per heavy atom. The van der Waals surface area contributed by atoms with Crippen LogP contribution in [0.5, 0.6) is 0 Å². The highest BCUT2D eigenvalue weighted by molar-refractivity contribution is 5.66. The van der Waals surface area contributed by atoms with E-state index in [9.17, 15) is 4.79 Å². The van der Waals surface area contributed by atoms with Crippen LogP contribution in [0.3, 0.4) is 0 Å². The molecule has 2 heteroatoms. The normalized spacial score (nSPS) is 52.4. The summed E-state index contributed by atoms with van der Waals surface area (Å²) in [7, 11) is 0. The van der Waals surface area contributed by atoms with Crippen molar-refractivity contribution < 1.29 is 9.53 Å². The number of fused-ring (bicyclic) bond motifs is 2. The maximum atomic E-state index is 11.8. The minimum absolute atomic E-state index is 0.0965. The van der Waals surface area contributed by atoms with Gasteiger partial charge < -0.3 is 4.74 Å². The number of carbonyl (C=O) groups excluding carboxylic acids is 1. The summed E-state index contributed by atoms with van der Waals surface area (Å²) >= 11 is 0. The maximum Gasteiger partial charge on any atom is 0.302 e. The number of hydrogen-bond acceptors (Lipinski definition) is 2. The highest BCUT2D eigenvalue weighted by Gasteiger charge is 2.82. The summed E-state index contributed by atoms with van der Waals surface area (Å²) in [4.78, 5) is 11.8. The van der Waals surface area contributed by atoms with E-state index < -0.39 is 0 Å². The third kappa shape index (κ3) is 2.25. The Morgan fingerprint density at radius 1 is 0.933 bits per heavy atom. The lowest BCUT2D eigenvalue weighted by atomic mass is 9.42. The SMILES string of the molecule is CCC(C)=C1CC[C@@]2(C)[C@@H]3CC[C@H]4C(C)(C)[C@@H](OC(C)=O)CC[C@@]45C[C@@]35CC[C@]12C. The van der Waals surface area contributed by atoms with Crippen molar-refractivity contribution in [2.24, 2.45) is 38.9 Å². The van der Waals surface area contributed by atoms with Crippen LogP contribution in [0.1, 0.15) is 113 Å². The summed E-state index contributed by atoms with van der Waals surface area (Å²) < 4.78 is 5.87. The number of ether oxygens (including phenoxy) is 1. The molecule has 0 N–H and O–H groups in total. The van der Waals surface area contributed by atoms with E-state index in [1.165, 1.54) is 57.8 Å². The highest BCUT2D eigenvalue weighted by Crippen LogP contribution is 2.89. The number of allylic oxidation sites excluding steroid dienone is 2. The molecule has 0 unspecified atom stereocenters. The molecule has 30 heavy (non-hydrogen) atoms. The fraction of sp³-hybridized carbons (Fsp3) is 0.893. The van der Waals surface area contributed by atoms with Crippen LogP contribution < -0.4 is 0 Å². The molecule has 5 rings (SSSR count). The topological polar surface area (TPSA) is 26.3 Å². The van der Waals surface area contributed by atoms with Gasteiger partial charge in [-0.05, 0) is 105 Å². The van der Waals surface area contributed by atoms with Gasteiger partial charge in [-0.2, -0.15) is 0 Å². The predicted octanol–water partition coefficient (Wildman–Crippen LogP) is 7.47. The van der Waals surface area contributed by atoms with Crippen molar-refractivity contribution in [2.45, 2.75) is 119 Å². The first-order chi connectivity index (χ1) is 14.0. The lowest BCUT2D eigenvalue weighted by molar-refractivity contribution is -0.177. The quantitative estimate of drug-likeness (QED) is 0.347. The van der Waals surface area contributed by atoms with E-state index in [4.69, 9.17) is 4.74 Å². The van der Waals surface area contributed by atoms with Gasteiger partial charge in [-0.15, -0.1) is 0 Å². The van der Waals surface area contributed by atoms with Crippen molar-refractivity contribution in [1.29, 1.82) is 0 Å². The number of rotatable bonds is 2. The number of carbonyl (C=O) groups is 1. The molecule has 2 spiro atoms. The molecule has 5 saturated carbocycles. The summed E-state index contributed by atoms with van der Waals surface area (Å²) in [6, 6.07) is 0. The summed E-state index contributed by atoms with van der Waals surface area (Å²) in [6.07, 6.45) is 13.5. The molecule has 0 amide bonds. The van der Waals surface area contributed by atoms with Gasteiger partial charge in [0.25, 0.3) is 0 Å². The summed E-state index contributed by atoms with van der Waals surface area (Å²) in [5.74, 6) is 1.52. The first kappa shape index (κ1) is 21.1. The van der Waals surface area contributed by atoms with Crippen LogP contribution >= 0.6 is 0 Å². The molecule has 0 aliphatic heterocycles. The van der Waals surface area contributed by atoms with Gasteiger partial charge >= 0.3 is 5.97 Å². The Bertz CT molecular complexity index is 807. The van der Waals surface area contributed by atoms with E-state index in [1.807, 2.05) is 5.57 Å². The van der Waals surface area contributed by atoms with Gasteiger partial charge in [-0.1, -0.05) is 45.8 Å². The van der Waals surface area contributed by atoms with Crippen LogP contribution in [0.2, 0.25) is 0 Å². The van der Waals surface area contributed by atoms with Crippen LogP contribution in [0.25, 0.3) is 0 Å². The van der Waals surface area contributed by atoms with Crippen molar-refractivity contribution >= 4 is 5.97 Å². The van der Waals surface area contributed by atoms with Crippen molar-refractivity contribution in [2.75, 3.05) is 0 Å². The molecule has 0 saturated heterocycles. The third-order valence-electron chi connectivity index (χ3n) is 12.2. The van der Waals surface area contributed by atoms with Crippen LogP contribution in [0, 0.1) is 38.9 Å². The zero-order chi connectivity index (χ0) is 21.7. The van der Waals surface area contributed by atoms with E-state index in [2.05, 4.69) is 41.5 Å². The lowest BCUT2D eigenvalue weighted by Crippen LogP contribution is -2.57. The van der Waals surface area contributed by atoms with Crippen LogP contribution in [-0.4, -0.2) is 12.1 Å². The molecule has 0 aromatic carbocycles. The van der Waals surface area contributed by atoms with Gasteiger partial charge in [0.1, 0.15) is 6.10 Å². The molecule has 0 aromatic heterocycles. The molecule has 5 aliphatic carbocycles. The number of hydrogen-bond donors (Lipinski definition) is 0. The largest absolute Gasteiger partial charge is 0.462 e. The summed E-state index contributed by atoms with van der Waals surface area (Å²) in [6.45, 7) is 16.5. The standard InChI is InChI=1S/C28H44O2/c1-8-18(2)20-11-13-26(7)22-10-9-21-24(4,5)23(30-19(3)29)12-14-27(21)17-28(22,27)16-15-25(20,26)6/h21-23H,8-17H2,1-7H3/t21-,22-,23-,25+,26-,27+,28-/m0/s1. The van der Waals surface area contributed by atoms with Gasteiger partial charge in [0.2, 0.25) is 0 Å². The first-order valence-electron chi connectivity index (χ1n) is 12.8. The monoisotopic (exact) mass is 412 g/mol. The van der Waals surface area contributed by atoms with Gasteiger partial charge in [-0.25, -0.2) is 0 Å². The van der Waals surface area contributed by atoms with E-state index in [0.29, 0.717) is 21.7 Å². The molecule has 7 atom stereocenters. The van der Waals surface area contributed by atoms with Gasteiger partial charge in [0.15, 0.2) is 0 Å². The zero-order valence-electron chi connectivity index (χ0n) is 20.6. The second-order valence-corrected chi connectivity index (χ2v) is 13.0. The minimum atomic E-state index is -0.0965. The molecule has 0 heterocycles. The number of esters is 1. The smallest absolute Gasteiger partial charge is 0.302 e. The molecule has 0 radical (unpaired) electrons.